The number of fused-ring (bicyclic) bond motifs is 3. The van der Waals surface area contributed by atoms with E-state index in [1.807, 2.05) is 60.0 Å². The van der Waals surface area contributed by atoms with Gasteiger partial charge in [-0.1, -0.05) is 36.4 Å². The number of ether oxygens (including phenoxy) is 1. The van der Waals surface area contributed by atoms with E-state index in [0.717, 1.165) is 22.2 Å². The highest BCUT2D eigenvalue weighted by Gasteiger charge is 2.44. The average molecular weight is 349 g/mol. The van der Waals surface area contributed by atoms with Crippen molar-refractivity contribution in [1.82, 2.24) is 9.55 Å². The molecule has 4 rings (SSSR count). The SMILES string of the molecule is CCOC(=O)C1C(=O)Nc2nc3ccccc3n2C1c1ccccc1C. The summed E-state index contributed by atoms with van der Waals surface area (Å²) < 4.78 is 7.14. The maximum atomic E-state index is 12.8. The molecular weight excluding hydrogens is 330 g/mol. The molecule has 0 bridgehead atoms. The molecule has 2 unspecified atom stereocenters. The van der Waals surface area contributed by atoms with Crippen LogP contribution in [0.25, 0.3) is 11.0 Å². The smallest absolute Gasteiger partial charge is 0.321 e. The average Bonchev–Trinajstić information content (AvgIpc) is 2.99. The molecular formula is C20H19N3O3. The summed E-state index contributed by atoms with van der Waals surface area (Å²) in [6.45, 7) is 3.93. The summed E-state index contributed by atoms with van der Waals surface area (Å²) in [6, 6.07) is 14.9. The van der Waals surface area contributed by atoms with Gasteiger partial charge >= 0.3 is 5.97 Å². The molecule has 6 heteroatoms. The second kappa shape index (κ2) is 6.29. The monoisotopic (exact) mass is 349 g/mol. The molecule has 26 heavy (non-hydrogen) atoms. The van der Waals surface area contributed by atoms with E-state index in [4.69, 9.17) is 4.74 Å². The summed E-state index contributed by atoms with van der Waals surface area (Å²) in [4.78, 5) is 30.0. The second-order valence-electron chi connectivity index (χ2n) is 6.31. The topological polar surface area (TPSA) is 73.2 Å². The Morgan fingerprint density at radius 3 is 2.69 bits per heavy atom. The van der Waals surface area contributed by atoms with Crippen LogP contribution < -0.4 is 5.32 Å². The molecule has 0 aliphatic carbocycles. The molecule has 1 aliphatic rings. The summed E-state index contributed by atoms with van der Waals surface area (Å²) in [5.74, 6) is -1.44. The lowest BCUT2D eigenvalue weighted by molar-refractivity contribution is -0.152. The third-order valence-corrected chi connectivity index (χ3v) is 4.75. The first kappa shape index (κ1) is 16.3. The molecule has 2 atom stereocenters. The van der Waals surface area contributed by atoms with Crippen LogP contribution in [0.3, 0.4) is 0 Å². The van der Waals surface area contributed by atoms with E-state index < -0.39 is 17.9 Å². The summed E-state index contributed by atoms with van der Waals surface area (Å²) in [5, 5.41) is 2.77. The summed E-state index contributed by atoms with van der Waals surface area (Å²) in [6.07, 6.45) is 0. The maximum absolute atomic E-state index is 12.8. The number of nitrogens with one attached hydrogen (secondary N) is 1. The van der Waals surface area contributed by atoms with Crippen molar-refractivity contribution in [2.75, 3.05) is 11.9 Å². The maximum Gasteiger partial charge on any atom is 0.321 e. The summed E-state index contributed by atoms with van der Waals surface area (Å²) >= 11 is 0. The predicted molar refractivity (Wildman–Crippen MR) is 97.8 cm³/mol. The first-order valence-electron chi connectivity index (χ1n) is 8.61. The Kier molecular flexibility index (Phi) is 3.95. The van der Waals surface area contributed by atoms with Crippen molar-refractivity contribution in [3.63, 3.8) is 0 Å². The van der Waals surface area contributed by atoms with Gasteiger partial charge in [0.2, 0.25) is 11.9 Å². The van der Waals surface area contributed by atoms with Gasteiger partial charge in [-0.2, -0.15) is 0 Å². The van der Waals surface area contributed by atoms with Gasteiger partial charge in [0.1, 0.15) is 0 Å². The number of hydrogen-bond acceptors (Lipinski definition) is 4. The number of benzene rings is 2. The Hall–Kier alpha value is -3.15. The van der Waals surface area contributed by atoms with Crippen LogP contribution in [0.2, 0.25) is 0 Å². The molecule has 6 nitrogen and oxygen atoms in total. The van der Waals surface area contributed by atoms with E-state index in [1.54, 1.807) is 6.92 Å². The molecule has 0 saturated heterocycles. The fourth-order valence-electron chi connectivity index (χ4n) is 3.60. The minimum atomic E-state index is -0.971. The van der Waals surface area contributed by atoms with Crippen LogP contribution >= 0.6 is 0 Å². The zero-order valence-electron chi connectivity index (χ0n) is 14.6. The number of aryl methyl sites for hydroxylation is 1. The van der Waals surface area contributed by atoms with Crippen LogP contribution in [0.5, 0.6) is 0 Å². The third kappa shape index (κ3) is 2.45. The van der Waals surface area contributed by atoms with E-state index in [1.165, 1.54) is 0 Å². The second-order valence-corrected chi connectivity index (χ2v) is 6.31. The predicted octanol–water partition coefficient (Wildman–Crippen LogP) is 3.07. The lowest BCUT2D eigenvalue weighted by Gasteiger charge is -2.33. The molecule has 0 spiro atoms. The Balaban J connectivity index is 1.99. The first-order valence-corrected chi connectivity index (χ1v) is 8.61. The molecule has 2 aromatic carbocycles. The van der Waals surface area contributed by atoms with Crippen LogP contribution in [-0.4, -0.2) is 28.0 Å². The molecule has 0 saturated carbocycles. The molecule has 1 aliphatic heterocycles. The van der Waals surface area contributed by atoms with Crippen molar-refractivity contribution in [3.05, 3.63) is 59.7 Å². The van der Waals surface area contributed by atoms with Crippen molar-refractivity contribution >= 4 is 28.9 Å². The molecule has 1 aromatic heterocycles. The molecule has 0 fully saturated rings. The van der Waals surface area contributed by atoms with Gasteiger partial charge in [-0.15, -0.1) is 0 Å². The number of nitrogens with zero attached hydrogens (tertiary/aromatic N) is 2. The molecule has 2 heterocycles. The van der Waals surface area contributed by atoms with Crippen LogP contribution in [0.1, 0.15) is 24.1 Å². The molecule has 1 amide bonds. The van der Waals surface area contributed by atoms with Gasteiger partial charge in [0.15, 0.2) is 5.92 Å². The number of imidazole rings is 1. The first-order chi connectivity index (χ1) is 12.6. The van der Waals surface area contributed by atoms with Gasteiger partial charge in [-0.05, 0) is 37.1 Å². The van der Waals surface area contributed by atoms with E-state index >= 15 is 0 Å². The highest BCUT2D eigenvalue weighted by Crippen LogP contribution is 2.39. The van der Waals surface area contributed by atoms with Crippen LogP contribution in [0.15, 0.2) is 48.5 Å². The minimum Gasteiger partial charge on any atom is -0.465 e. The van der Waals surface area contributed by atoms with Crippen LogP contribution in [0.4, 0.5) is 5.95 Å². The fourth-order valence-corrected chi connectivity index (χ4v) is 3.60. The van der Waals surface area contributed by atoms with Crippen molar-refractivity contribution in [2.45, 2.75) is 19.9 Å². The number of aromatic nitrogens is 2. The minimum absolute atomic E-state index is 0.223. The normalized spacial score (nSPS) is 19.1. The Morgan fingerprint density at radius 2 is 1.92 bits per heavy atom. The fraction of sp³-hybridized carbons (Fsp3) is 0.250. The van der Waals surface area contributed by atoms with Gasteiger partial charge < -0.3 is 9.30 Å². The number of carbonyl (C=O) groups excluding carboxylic acids is 2. The van der Waals surface area contributed by atoms with Gasteiger partial charge in [-0.3, -0.25) is 14.9 Å². The van der Waals surface area contributed by atoms with E-state index in [2.05, 4.69) is 10.3 Å². The van der Waals surface area contributed by atoms with Crippen molar-refractivity contribution in [3.8, 4) is 0 Å². The highest BCUT2D eigenvalue weighted by molar-refractivity contribution is 6.07. The molecule has 132 valence electrons. The summed E-state index contributed by atoms with van der Waals surface area (Å²) in [5.41, 5.74) is 3.55. The largest absolute Gasteiger partial charge is 0.465 e. The Bertz CT molecular complexity index is 1010. The van der Waals surface area contributed by atoms with E-state index in [0.29, 0.717) is 5.95 Å². The van der Waals surface area contributed by atoms with E-state index in [9.17, 15) is 9.59 Å². The zero-order valence-corrected chi connectivity index (χ0v) is 14.6. The van der Waals surface area contributed by atoms with Crippen LogP contribution in [0, 0.1) is 12.8 Å². The lowest BCUT2D eigenvalue weighted by atomic mass is 9.88. The molecule has 0 radical (unpaired) electrons. The number of rotatable bonds is 3. The number of esters is 1. The zero-order chi connectivity index (χ0) is 18.3. The highest BCUT2D eigenvalue weighted by atomic mass is 16.5. The Labute approximate surface area is 150 Å². The standard InChI is InChI=1S/C20H19N3O3/c1-3-26-19(25)16-17(13-9-5-4-8-12(13)2)23-15-11-7-6-10-14(15)21-20(23)22-18(16)24/h4-11,16-17H,3H2,1-2H3,(H,21,22,24). The quantitative estimate of drug-likeness (QED) is 0.583. The number of hydrogen-bond donors (Lipinski definition) is 1. The van der Waals surface area contributed by atoms with Gasteiger partial charge in [0.25, 0.3) is 0 Å². The summed E-state index contributed by atoms with van der Waals surface area (Å²) in [7, 11) is 0. The number of para-hydroxylation sites is 2. The Morgan fingerprint density at radius 1 is 1.19 bits per heavy atom. The van der Waals surface area contributed by atoms with Gasteiger partial charge in [0, 0.05) is 0 Å². The van der Waals surface area contributed by atoms with Gasteiger partial charge in [-0.25, -0.2) is 4.98 Å². The van der Waals surface area contributed by atoms with E-state index in [-0.39, 0.29) is 12.5 Å². The van der Waals surface area contributed by atoms with Crippen molar-refractivity contribution in [2.24, 2.45) is 5.92 Å². The third-order valence-electron chi connectivity index (χ3n) is 4.75. The van der Waals surface area contributed by atoms with Crippen molar-refractivity contribution < 1.29 is 14.3 Å². The van der Waals surface area contributed by atoms with Crippen molar-refractivity contribution in [1.29, 1.82) is 0 Å². The number of carbonyl (C=O) groups is 2. The molecule has 1 N–H and O–H groups in total. The van der Waals surface area contributed by atoms with Crippen LogP contribution in [-0.2, 0) is 14.3 Å². The number of amides is 1. The molecule has 3 aromatic rings. The lowest BCUT2D eigenvalue weighted by Crippen LogP contribution is -2.43. The van der Waals surface area contributed by atoms with Gasteiger partial charge in [0.05, 0.1) is 23.7 Å². The number of anilines is 1.